The number of anilines is 3. The first-order chi connectivity index (χ1) is 36.8. The van der Waals surface area contributed by atoms with Gasteiger partial charge in [0.1, 0.15) is 23.1 Å². The Morgan fingerprint density at radius 2 is 1.62 bits per heavy atom. The minimum absolute atomic E-state index is 0.0146. The molecule has 77 heavy (non-hydrogen) atoms. The van der Waals surface area contributed by atoms with Crippen LogP contribution in [-0.2, 0) is 37.9 Å². The van der Waals surface area contributed by atoms with Crippen LogP contribution in [0.15, 0.2) is 95.9 Å². The number of benzene rings is 2. The van der Waals surface area contributed by atoms with Gasteiger partial charge in [0.25, 0.3) is 5.56 Å². The summed E-state index contributed by atoms with van der Waals surface area (Å²) in [5.74, 6) is -0.492. The fraction of sp³-hybridized carbons (Fsp3) is 0.446. The van der Waals surface area contributed by atoms with Crippen LogP contribution in [-0.4, -0.2) is 137 Å². The normalized spacial score (nSPS) is 16.6. The van der Waals surface area contributed by atoms with E-state index in [9.17, 15) is 34.2 Å². The first kappa shape index (κ1) is 55.9. The van der Waals surface area contributed by atoms with Gasteiger partial charge in [-0.2, -0.15) is 4.98 Å². The third-order valence-corrected chi connectivity index (χ3v) is 14.9. The minimum atomic E-state index is -1.19. The summed E-state index contributed by atoms with van der Waals surface area (Å²) in [6, 6.07) is 19.3. The van der Waals surface area contributed by atoms with E-state index in [0.29, 0.717) is 54.3 Å². The second-order valence-corrected chi connectivity index (χ2v) is 22.2. The van der Waals surface area contributed by atoms with E-state index in [4.69, 9.17) is 4.98 Å². The van der Waals surface area contributed by atoms with Gasteiger partial charge < -0.3 is 41.3 Å². The number of aromatic nitrogens is 6. The molecule has 0 bridgehead atoms. The van der Waals surface area contributed by atoms with Crippen LogP contribution in [0.1, 0.15) is 83.7 Å². The number of carbonyl (C=O) groups is 4. The number of hydrogen-bond donors (Lipinski definition) is 6. The van der Waals surface area contributed by atoms with Crippen molar-refractivity contribution in [2.75, 3.05) is 56.0 Å². The highest BCUT2D eigenvalue weighted by atomic mass is 32.1. The number of aliphatic hydroxyl groups excluding tert-OH is 1. The zero-order valence-corrected chi connectivity index (χ0v) is 45.6. The molecule has 6 N–H and O–H groups in total. The molecule has 2 saturated heterocycles. The van der Waals surface area contributed by atoms with Crippen LogP contribution >= 0.6 is 11.3 Å². The Hall–Kier alpha value is -7.33. The van der Waals surface area contributed by atoms with Crippen LogP contribution in [0.4, 0.5) is 17.3 Å². The van der Waals surface area contributed by atoms with Crippen molar-refractivity contribution >= 4 is 63.3 Å². The number of hydrogen-bond acceptors (Lipinski definition) is 15. The molecule has 4 amide bonds. The maximum absolute atomic E-state index is 14.1. The molecule has 0 unspecified atom stereocenters. The number of amides is 4. The van der Waals surface area contributed by atoms with Gasteiger partial charge in [0, 0.05) is 82.6 Å². The molecule has 20 nitrogen and oxygen atoms in total. The van der Waals surface area contributed by atoms with Gasteiger partial charge in [-0.15, -0.1) is 17.9 Å². The number of aliphatic hydroxyl groups is 2. The van der Waals surface area contributed by atoms with E-state index in [2.05, 4.69) is 52.6 Å². The predicted octanol–water partition coefficient (Wildman–Crippen LogP) is 5.17. The zero-order valence-electron chi connectivity index (χ0n) is 44.8. The van der Waals surface area contributed by atoms with Crippen molar-refractivity contribution in [2.24, 2.45) is 5.41 Å². The average molecular weight is 1070 g/mol. The highest BCUT2D eigenvalue weighted by Crippen LogP contribution is 2.30. The Morgan fingerprint density at radius 3 is 2.30 bits per heavy atom. The van der Waals surface area contributed by atoms with Crippen molar-refractivity contribution in [1.29, 1.82) is 0 Å². The minimum Gasteiger partial charge on any atom is -0.391 e. The van der Waals surface area contributed by atoms with Gasteiger partial charge in [-0.3, -0.25) is 28.9 Å². The Kier molecular flexibility index (Phi) is 17.7. The topological polar surface area (TPSA) is 245 Å². The molecule has 8 rings (SSSR count). The zero-order chi connectivity index (χ0) is 55.0. The Bertz CT molecular complexity index is 3110. The number of allylic oxidation sites excluding steroid dienone is 1. The second kappa shape index (κ2) is 24.3. The number of thiazole rings is 1. The standard InChI is InChI=1S/C56H71N13O7S/c1-8-25-68-52(74)42-33-59-54(64-50(42)69(68)45-13-9-12-44(62-45)56(6,7)76)61-39-20-22-40(23-21-39)66-29-27-65(28-30-66)26-11-15-46(71)57-24-10-14-47(72)63-49(55(3,4)5)53(75)67-34-41(70)31-43(67)51(73)58-32-37-16-18-38(19-17-37)48-36(2)60-35-77-48/h8-9,12-13,16-23,33,35,41,43,49,70,76H,1,10-11,14-15,24-32,34H2,2-7H3,(H,57,71)(H,58,73)(H,63,72)(H,59,61,64)/t41-,43+,49-/m1/s1. The molecule has 6 aromatic rings. The molecule has 2 fully saturated rings. The number of rotatable bonds is 21. The van der Waals surface area contributed by atoms with Crippen molar-refractivity contribution in [2.45, 2.75) is 111 Å². The average Bonchev–Trinajstić information content (AvgIpc) is 4.14. The first-order valence-corrected chi connectivity index (χ1v) is 27.1. The predicted molar refractivity (Wildman–Crippen MR) is 298 cm³/mol. The number of aryl methyl sites for hydroxylation is 1. The first-order valence-electron chi connectivity index (χ1n) is 26.2. The number of fused-ring (bicyclic) bond motifs is 1. The lowest BCUT2D eigenvalue weighted by Crippen LogP contribution is -2.57. The summed E-state index contributed by atoms with van der Waals surface area (Å²) >= 11 is 1.57. The van der Waals surface area contributed by atoms with Crippen molar-refractivity contribution in [1.82, 2.24) is 55.0 Å². The number of likely N-dealkylation sites (tertiary alicyclic amines) is 1. The molecule has 408 valence electrons. The maximum Gasteiger partial charge on any atom is 0.278 e. The largest absolute Gasteiger partial charge is 0.391 e. The lowest BCUT2D eigenvalue weighted by molar-refractivity contribution is -0.144. The van der Waals surface area contributed by atoms with Crippen molar-refractivity contribution in [3.8, 4) is 16.3 Å². The highest BCUT2D eigenvalue weighted by Gasteiger charge is 2.44. The van der Waals surface area contributed by atoms with Gasteiger partial charge in [-0.05, 0) is 93.1 Å². The molecule has 2 aliphatic heterocycles. The van der Waals surface area contributed by atoms with E-state index in [0.717, 1.165) is 65.8 Å². The van der Waals surface area contributed by atoms with Gasteiger partial charge in [0.2, 0.25) is 29.6 Å². The third kappa shape index (κ3) is 13.8. The monoisotopic (exact) mass is 1070 g/mol. The molecule has 2 aliphatic rings. The lowest BCUT2D eigenvalue weighted by atomic mass is 9.85. The molecule has 3 atom stereocenters. The van der Waals surface area contributed by atoms with E-state index in [1.807, 2.05) is 81.7 Å². The van der Waals surface area contributed by atoms with Crippen molar-refractivity contribution in [3.05, 3.63) is 118 Å². The van der Waals surface area contributed by atoms with Gasteiger partial charge in [-0.25, -0.2) is 24.3 Å². The quantitative estimate of drug-likeness (QED) is 0.0403. The van der Waals surface area contributed by atoms with E-state index in [1.165, 1.54) is 15.8 Å². The SMILES string of the molecule is C=CCn1c(=O)c2cnc(Nc3ccc(N4CCN(CCCC(=O)NCCCC(=O)N[C@H](C(=O)N5C[C@H](O)C[C@H]5C(=O)NCc5ccc(-c6scnc6C)cc5)C(C)(C)C)CC4)cc3)nc2n1-c1cccc(C(C)(C)O)n1. The highest BCUT2D eigenvalue weighted by molar-refractivity contribution is 7.13. The van der Waals surface area contributed by atoms with Gasteiger partial charge in [0.15, 0.2) is 11.5 Å². The van der Waals surface area contributed by atoms with E-state index in [-0.39, 0.29) is 55.8 Å². The summed E-state index contributed by atoms with van der Waals surface area (Å²) in [6.45, 7) is 19.5. The molecule has 4 aromatic heterocycles. The van der Waals surface area contributed by atoms with Gasteiger partial charge in [0.05, 0.1) is 34.4 Å². The summed E-state index contributed by atoms with van der Waals surface area (Å²) in [7, 11) is 0. The second-order valence-electron chi connectivity index (χ2n) is 21.4. The molecule has 0 saturated carbocycles. The van der Waals surface area contributed by atoms with Crippen molar-refractivity contribution < 1.29 is 29.4 Å². The fourth-order valence-electron chi connectivity index (χ4n) is 9.65. The molecule has 21 heteroatoms. The molecule has 2 aromatic carbocycles. The number of nitrogens with one attached hydrogen (secondary N) is 4. The fourth-order valence-corrected chi connectivity index (χ4v) is 10.5. The number of piperazine rings is 1. The number of pyridine rings is 1. The molecular formula is C56H71N13O7S. The van der Waals surface area contributed by atoms with Crippen LogP contribution in [0, 0.1) is 12.3 Å². The van der Waals surface area contributed by atoms with E-state index < -0.39 is 35.1 Å². The summed E-state index contributed by atoms with van der Waals surface area (Å²) in [6.07, 6.45) is 3.88. The molecular weight excluding hydrogens is 999 g/mol. The summed E-state index contributed by atoms with van der Waals surface area (Å²) in [5.41, 5.74) is 5.19. The molecule has 0 spiro atoms. The summed E-state index contributed by atoms with van der Waals surface area (Å²) in [5, 5.41) is 33.6. The lowest BCUT2D eigenvalue weighted by Gasteiger charge is -2.36. The number of nitrogens with zero attached hydrogens (tertiary/aromatic N) is 9. The number of carbonyl (C=O) groups excluding carboxylic acids is 4. The molecule has 0 radical (unpaired) electrons. The van der Waals surface area contributed by atoms with Crippen LogP contribution in [0.3, 0.4) is 0 Å². The maximum atomic E-state index is 14.1. The molecule has 0 aliphatic carbocycles. The third-order valence-electron chi connectivity index (χ3n) is 13.9. The summed E-state index contributed by atoms with van der Waals surface area (Å²) in [4.78, 5) is 92.3. The van der Waals surface area contributed by atoms with Crippen LogP contribution in [0.2, 0.25) is 0 Å². The Balaban J connectivity index is 0.739. The van der Waals surface area contributed by atoms with Gasteiger partial charge >= 0.3 is 0 Å². The van der Waals surface area contributed by atoms with Crippen molar-refractivity contribution in [3.63, 3.8) is 0 Å². The van der Waals surface area contributed by atoms with Crippen LogP contribution in [0.25, 0.3) is 27.3 Å². The Labute approximate surface area is 452 Å². The van der Waals surface area contributed by atoms with Gasteiger partial charge in [-0.1, -0.05) is 57.2 Å². The van der Waals surface area contributed by atoms with Crippen LogP contribution in [0.5, 0.6) is 0 Å². The summed E-state index contributed by atoms with van der Waals surface area (Å²) < 4.78 is 3.11. The van der Waals surface area contributed by atoms with Crippen LogP contribution < -0.4 is 31.7 Å². The molecule has 6 heterocycles. The smallest absolute Gasteiger partial charge is 0.278 e. The number of β-amino-alcohol motifs (C(OH)–C–C–N with tert-alkyl or cyclic N) is 1. The van der Waals surface area contributed by atoms with E-state index >= 15 is 0 Å². The van der Waals surface area contributed by atoms with E-state index in [1.54, 1.807) is 54.1 Å². The Morgan fingerprint density at radius 1 is 0.896 bits per heavy atom.